The van der Waals surface area contributed by atoms with Gasteiger partial charge in [-0.1, -0.05) is 0 Å². The number of amides is 1. The van der Waals surface area contributed by atoms with E-state index in [1.54, 1.807) is 0 Å². The number of carboxylic acids is 1. The highest BCUT2D eigenvalue weighted by atomic mass is 17.1. The van der Waals surface area contributed by atoms with Crippen LogP contribution in [0.4, 0.5) is 0 Å². The summed E-state index contributed by atoms with van der Waals surface area (Å²) in [6.07, 6.45) is 0. The van der Waals surface area contributed by atoms with E-state index in [1.165, 1.54) is 7.05 Å². The molecule has 16 heavy (non-hydrogen) atoms. The Balaban J connectivity index is 5.09. The summed E-state index contributed by atoms with van der Waals surface area (Å²) in [5, 5.41) is 21.9. The molecule has 8 heteroatoms. The molecule has 0 aromatic rings. The van der Waals surface area contributed by atoms with Crippen molar-refractivity contribution in [2.45, 2.75) is 6.92 Å². The molecule has 4 N–H and O–H groups in total. The minimum atomic E-state index is -2.42. The van der Waals surface area contributed by atoms with Gasteiger partial charge < -0.3 is 15.7 Å². The third-order valence-electron chi connectivity index (χ3n) is 2.06. The Morgan fingerprint density at radius 3 is 2.25 bits per heavy atom. The predicted molar refractivity (Wildman–Crippen MR) is 51.4 cm³/mol. The normalized spacial score (nSPS) is 13.9. The van der Waals surface area contributed by atoms with E-state index in [1.807, 2.05) is 0 Å². The fourth-order valence-corrected chi connectivity index (χ4v) is 1.05. The number of carbonyl (C=O) groups is 3. The van der Waals surface area contributed by atoms with Gasteiger partial charge in [-0.05, 0) is 14.0 Å². The molecule has 92 valence electrons. The van der Waals surface area contributed by atoms with Crippen molar-refractivity contribution in [1.82, 2.24) is 10.6 Å². The second-order valence-electron chi connectivity index (χ2n) is 3.08. The number of carbonyl (C=O) groups excluding carboxylic acids is 2. The highest BCUT2D eigenvalue weighted by Gasteiger charge is 2.51. The van der Waals surface area contributed by atoms with Crippen molar-refractivity contribution >= 4 is 17.7 Å². The Kier molecular flexibility index (Phi) is 5.57. The first-order chi connectivity index (χ1) is 7.43. The number of rotatable bonds is 7. The van der Waals surface area contributed by atoms with Gasteiger partial charge in [-0.2, -0.15) is 0 Å². The van der Waals surface area contributed by atoms with Crippen molar-refractivity contribution in [3.8, 4) is 0 Å². The third-order valence-corrected chi connectivity index (χ3v) is 2.06. The van der Waals surface area contributed by atoms with Crippen LogP contribution < -0.4 is 10.6 Å². The molecule has 0 aromatic heterocycles. The second kappa shape index (κ2) is 6.16. The van der Waals surface area contributed by atoms with Crippen LogP contribution in [-0.4, -0.2) is 48.3 Å². The first-order valence-electron chi connectivity index (χ1n) is 4.37. The fraction of sp³-hybridized carbons (Fsp3) is 0.625. The van der Waals surface area contributed by atoms with E-state index in [0.717, 1.165) is 6.92 Å². The molecule has 1 unspecified atom stereocenters. The Hall–Kier alpha value is -1.51. The van der Waals surface area contributed by atoms with Gasteiger partial charge in [0.25, 0.3) is 0 Å². The molecular formula is C8H14N2O6. The Bertz CT molecular complexity index is 276. The molecule has 0 aliphatic carbocycles. The maximum atomic E-state index is 11.6. The van der Waals surface area contributed by atoms with Crippen LogP contribution >= 0.6 is 0 Å². The smallest absolute Gasteiger partial charge is 0.329 e. The summed E-state index contributed by atoms with van der Waals surface area (Å²) >= 11 is 0. The molecule has 8 nitrogen and oxygen atoms in total. The number of ketones is 1. The van der Waals surface area contributed by atoms with Crippen LogP contribution in [0.3, 0.4) is 0 Å². The lowest BCUT2D eigenvalue weighted by atomic mass is 9.84. The van der Waals surface area contributed by atoms with E-state index < -0.39 is 29.7 Å². The molecule has 0 bridgehead atoms. The van der Waals surface area contributed by atoms with Crippen molar-refractivity contribution in [1.29, 1.82) is 0 Å². The van der Waals surface area contributed by atoms with Crippen molar-refractivity contribution in [3.05, 3.63) is 0 Å². The zero-order valence-electron chi connectivity index (χ0n) is 8.94. The molecule has 0 spiro atoms. The predicted octanol–water partition coefficient (Wildman–Crippen LogP) is -1.57. The van der Waals surface area contributed by atoms with E-state index in [4.69, 9.17) is 10.4 Å². The molecule has 1 amide bonds. The van der Waals surface area contributed by atoms with Crippen LogP contribution in [0, 0.1) is 5.41 Å². The minimum absolute atomic E-state index is 0.00737. The van der Waals surface area contributed by atoms with Crippen LogP contribution in [-0.2, 0) is 19.3 Å². The number of hydrogen-bond donors (Lipinski definition) is 4. The molecule has 0 aliphatic heterocycles. The second-order valence-corrected chi connectivity index (χ2v) is 3.08. The van der Waals surface area contributed by atoms with Crippen LogP contribution in [0.5, 0.6) is 0 Å². The lowest BCUT2D eigenvalue weighted by Gasteiger charge is -2.23. The van der Waals surface area contributed by atoms with E-state index in [0.29, 0.717) is 0 Å². The first kappa shape index (κ1) is 14.5. The van der Waals surface area contributed by atoms with Gasteiger partial charge in [-0.25, -0.2) is 4.89 Å². The summed E-state index contributed by atoms with van der Waals surface area (Å²) in [5.74, 6) is -3.65. The molecule has 0 radical (unpaired) electrons. The zero-order chi connectivity index (χ0) is 12.8. The van der Waals surface area contributed by atoms with Gasteiger partial charge >= 0.3 is 5.97 Å². The van der Waals surface area contributed by atoms with Gasteiger partial charge in [0.15, 0.2) is 5.78 Å². The SMILES string of the molecule is CNCNC(=O)C(COO)(C(C)=O)C(=O)O. The largest absolute Gasteiger partial charge is 0.480 e. The van der Waals surface area contributed by atoms with E-state index in [-0.39, 0.29) is 6.67 Å². The van der Waals surface area contributed by atoms with Crippen molar-refractivity contribution in [2.75, 3.05) is 20.3 Å². The molecule has 0 aromatic carbocycles. The summed E-state index contributed by atoms with van der Waals surface area (Å²) in [4.78, 5) is 37.4. The molecule has 0 saturated carbocycles. The van der Waals surface area contributed by atoms with E-state index >= 15 is 0 Å². The monoisotopic (exact) mass is 234 g/mol. The summed E-state index contributed by atoms with van der Waals surface area (Å²) in [5.41, 5.74) is -2.42. The van der Waals surface area contributed by atoms with E-state index in [9.17, 15) is 14.4 Å². The topological polar surface area (TPSA) is 125 Å². The molecule has 0 heterocycles. The van der Waals surface area contributed by atoms with E-state index in [2.05, 4.69) is 15.5 Å². The summed E-state index contributed by atoms with van der Waals surface area (Å²) in [6, 6.07) is 0. The van der Waals surface area contributed by atoms with Crippen molar-refractivity contribution < 1.29 is 29.6 Å². The fourth-order valence-electron chi connectivity index (χ4n) is 1.05. The quantitative estimate of drug-likeness (QED) is 0.181. The van der Waals surface area contributed by atoms with Gasteiger partial charge in [0.05, 0.1) is 6.67 Å². The highest BCUT2D eigenvalue weighted by molar-refractivity contribution is 6.20. The Morgan fingerprint density at radius 1 is 1.38 bits per heavy atom. The average Bonchev–Trinajstić information content (AvgIpc) is 2.21. The highest BCUT2D eigenvalue weighted by Crippen LogP contribution is 2.20. The molecule has 0 aliphatic rings. The summed E-state index contributed by atoms with van der Waals surface area (Å²) in [6.45, 7) is -0.00806. The van der Waals surface area contributed by atoms with Crippen LogP contribution in [0.2, 0.25) is 0 Å². The molecule has 0 rings (SSSR count). The van der Waals surface area contributed by atoms with Gasteiger partial charge in [-0.15, -0.1) is 0 Å². The molecule has 0 saturated heterocycles. The number of hydrogen-bond acceptors (Lipinski definition) is 6. The Labute approximate surface area is 91.5 Å². The average molecular weight is 234 g/mol. The molecule has 1 atom stereocenters. The maximum absolute atomic E-state index is 11.6. The first-order valence-corrected chi connectivity index (χ1v) is 4.37. The van der Waals surface area contributed by atoms with Gasteiger partial charge in [0, 0.05) is 0 Å². The van der Waals surface area contributed by atoms with Gasteiger partial charge in [0.1, 0.15) is 6.61 Å². The lowest BCUT2D eigenvalue weighted by molar-refractivity contribution is -0.258. The number of aliphatic carboxylic acids is 1. The van der Waals surface area contributed by atoms with Crippen LogP contribution in [0.1, 0.15) is 6.92 Å². The molecule has 0 fully saturated rings. The third kappa shape index (κ3) is 2.75. The van der Waals surface area contributed by atoms with Crippen LogP contribution in [0.25, 0.3) is 0 Å². The van der Waals surface area contributed by atoms with Crippen LogP contribution in [0.15, 0.2) is 0 Å². The Morgan fingerprint density at radius 2 is 1.94 bits per heavy atom. The molecular weight excluding hydrogens is 220 g/mol. The number of nitrogens with one attached hydrogen (secondary N) is 2. The maximum Gasteiger partial charge on any atom is 0.329 e. The number of Topliss-reactive ketones (excluding diaryl/α,β-unsaturated/α-hetero) is 1. The van der Waals surface area contributed by atoms with Gasteiger partial charge in [-0.3, -0.25) is 19.6 Å². The summed E-state index contributed by atoms with van der Waals surface area (Å²) in [7, 11) is 1.53. The van der Waals surface area contributed by atoms with Gasteiger partial charge in [0.2, 0.25) is 11.3 Å². The summed E-state index contributed by atoms with van der Waals surface area (Å²) < 4.78 is 0. The van der Waals surface area contributed by atoms with Crippen molar-refractivity contribution in [2.24, 2.45) is 5.41 Å². The van der Waals surface area contributed by atoms with Crippen molar-refractivity contribution in [3.63, 3.8) is 0 Å². The lowest BCUT2D eigenvalue weighted by Crippen LogP contribution is -2.55. The standard InChI is InChI=1S/C8H14N2O6/c1-5(11)8(3-16-15,7(13)14)6(12)10-4-9-2/h9,15H,3-4H2,1-2H3,(H,10,12)(H,13,14). The number of carboxylic acid groups (broad SMARTS) is 1. The minimum Gasteiger partial charge on any atom is -0.480 e. The zero-order valence-corrected chi connectivity index (χ0v) is 8.94.